The monoisotopic (exact) mass is 732 g/mol. The largest absolute Gasteiger partial charge is 0.309 e. The first-order chi connectivity index (χ1) is 27.7. The molecule has 5 heteroatoms. The molecule has 8 aromatic carbocycles. The first-order valence-corrected chi connectivity index (χ1v) is 19.6. The number of thiophene rings is 1. The van der Waals surface area contributed by atoms with Crippen LogP contribution in [0, 0.1) is 0 Å². The summed E-state index contributed by atoms with van der Waals surface area (Å²) in [5.41, 5.74) is 10.8. The molecule has 0 unspecified atom stereocenters. The number of fused-ring (bicyclic) bond motifs is 6. The fourth-order valence-electron chi connectivity index (χ4n) is 7.96. The molecule has 3 heterocycles. The van der Waals surface area contributed by atoms with E-state index in [1.165, 1.54) is 42.0 Å². The zero-order valence-electron chi connectivity index (χ0n) is 30.2. The lowest BCUT2D eigenvalue weighted by atomic mass is 9.96. The van der Waals surface area contributed by atoms with Crippen LogP contribution in [0.3, 0.4) is 0 Å². The third kappa shape index (κ3) is 5.56. The Kier molecular flexibility index (Phi) is 7.64. The van der Waals surface area contributed by atoms with Crippen LogP contribution in [0.5, 0.6) is 0 Å². The molecule has 262 valence electrons. The molecule has 0 N–H and O–H groups in total. The standard InChI is InChI=1S/C51H32N4S/c1-3-14-33(15-4-1)38-29-39(31-40(30-38)55-45-23-10-7-20-41(45)42-21-8-11-24-46(42)55)35-18-13-19-36(28-35)50-52-49(34-16-5-2-6-17-34)53-51(54-50)37-26-27-44-43-22-9-12-25-47(43)56-48(44)32-37/h1-32H. The predicted molar refractivity (Wildman–Crippen MR) is 234 cm³/mol. The van der Waals surface area contributed by atoms with Crippen molar-refractivity contribution in [3.05, 3.63) is 194 Å². The number of rotatable bonds is 6. The van der Waals surface area contributed by atoms with Gasteiger partial charge in [0, 0.05) is 53.3 Å². The second-order valence-corrected chi connectivity index (χ2v) is 15.2. The number of benzene rings is 8. The Hall–Kier alpha value is -7.21. The lowest BCUT2D eigenvalue weighted by Crippen LogP contribution is -2.00. The maximum Gasteiger partial charge on any atom is 0.164 e. The molecular formula is C51H32N4S. The Balaban J connectivity index is 1.08. The smallest absolute Gasteiger partial charge is 0.164 e. The third-order valence-corrected chi connectivity index (χ3v) is 11.8. The van der Waals surface area contributed by atoms with Crippen LogP contribution in [-0.4, -0.2) is 19.5 Å². The predicted octanol–water partition coefficient (Wildman–Crippen LogP) is 13.7. The van der Waals surface area contributed by atoms with Crippen LogP contribution in [0.15, 0.2) is 194 Å². The average molecular weight is 733 g/mol. The van der Waals surface area contributed by atoms with E-state index in [-0.39, 0.29) is 0 Å². The molecule has 56 heavy (non-hydrogen) atoms. The lowest BCUT2D eigenvalue weighted by Gasteiger charge is -2.15. The minimum absolute atomic E-state index is 0.633. The van der Waals surface area contributed by atoms with Gasteiger partial charge in [0.25, 0.3) is 0 Å². The highest BCUT2D eigenvalue weighted by atomic mass is 32.1. The number of para-hydroxylation sites is 2. The Labute approximate surface area is 327 Å². The van der Waals surface area contributed by atoms with Gasteiger partial charge >= 0.3 is 0 Å². The molecule has 3 aromatic heterocycles. The summed E-state index contributed by atoms with van der Waals surface area (Å²) in [6, 6.07) is 68.8. The molecule has 0 radical (unpaired) electrons. The van der Waals surface area contributed by atoms with E-state index < -0.39 is 0 Å². The average Bonchev–Trinajstić information content (AvgIpc) is 3.82. The summed E-state index contributed by atoms with van der Waals surface area (Å²) < 4.78 is 4.88. The van der Waals surface area contributed by atoms with E-state index >= 15 is 0 Å². The molecule has 4 nitrogen and oxygen atoms in total. The van der Waals surface area contributed by atoms with Crippen LogP contribution in [0.4, 0.5) is 0 Å². The van der Waals surface area contributed by atoms with Crippen LogP contribution in [-0.2, 0) is 0 Å². The second kappa shape index (κ2) is 13.3. The van der Waals surface area contributed by atoms with Crippen molar-refractivity contribution in [2.45, 2.75) is 0 Å². The van der Waals surface area contributed by atoms with E-state index in [2.05, 4.69) is 180 Å². The molecular weight excluding hydrogens is 701 g/mol. The van der Waals surface area contributed by atoms with Gasteiger partial charge in [-0.05, 0) is 70.8 Å². The maximum absolute atomic E-state index is 5.16. The van der Waals surface area contributed by atoms with Gasteiger partial charge < -0.3 is 4.57 Å². The molecule has 0 aliphatic carbocycles. The van der Waals surface area contributed by atoms with Crippen molar-refractivity contribution in [3.63, 3.8) is 0 Å². The van der Waals surface area contributed by atoms with Crippen molar-refractivity contribution < 1.29 is 0 Å². The van der Waals surface area contributed by atoms with Crippen molar-refractivity contribution in [2.75, 3.05) is 0 Å². The van der Waals surface area contributed by atoms with Crippen LogP contribution in [0.2, 0.25) is 0 Å². The molecule has 0 fully saturated rings. The Morgan fingerprint density at radius 3 is 1.48 bits per heavy atom. The van der Waals surface area contributed by atoms with E-state index in [4.69, 9.17) is 15.0 Å². The fourth-order valence-corrected chi connectivity index (χ4v) is 9.10. The van der Waals surface area contributed by atoms with Gasteiger partial charge in [0.1, 0.15) is 0 Å². The molecule has 11 aromatic rings. The van der Waals surface area contributed by atoms with Gasteiger partial charge in [-0.25, -0.2) is 15.0 Å². The van der Waals surface area contributed by atoms with Crippen molar-refractivity contribution in [1.82, 2.24) is 19.5 Å². The van der Waals surface area contributed by atoms with Crippen molar-refractivity contribution in [1.29, 1.82) is 0 Å². The Morgan fingerprint density at radius 1 is 0.304 bits per heavy atom. The van der Waals surface area contributed by atoms with E-state index in [0.717, 1.165) is 44.6 Å². The Morgan fingerprint density at radius 2 is 0.786 bits per heavy atom. The molecule has 11 rings (SSSR count). The van der Waals surface area contributed by atoms with Crippen molar-refractivity contribution in [2.24, 2.45) is 0 Å². The van der Waals surface area contributed by atoms with Gasteiger partial charge in [-0.1, -0.05) is 146 Å². The van der Waals surface area contributed by atoms with Crippen molar-refractivity contribution >= 4 is 53.3 Å². The van der Waals surface area contributed by atoms with E-state index in [9.17, 15) is 0 Å². The fraction of sp³-hybridized carbons (Fsp3) is 0. The highest BCUT2D eigenvalue weighted by molar-refractivity contribution is 7.25. The van der Waals surface area contributed by atoms with Crippen LogP contribution in [0.25, 0.3) is 104 Å². The van der Waals surface area contributed by atoms with Crippen LogP contribution < -0.4 is 0 Å². The van der Waals surface area contributed by atoms with E-state index in [1.807, 2.05) is 18.2 Å². The van der Waals surface area contributed by atoms with Gasteiger partial charge in [0.05, 0.1) is 11.0 Å². The first kappa shape index (κ1) is 32.2. The molecule has 0 amide bonds. The normalized spacial score (nSPS) is 11.6. The number of hydrogen-bond acceptors (Lipinski definition) is 4. The zero-order chi connectivity index (χ0) is 37.0. The van der Waals surface area contributed by atoms with Gasteiger partial charge in [-0.3, -0.25) is 0 Å². The summed E-state index contributed by atoms with van der Waals surface area (Å²) in [7, 11) is 0. The summed E-state index contributed by atoms with van der Waals surface area (Å²) in [6.45, 7) is 0. The summed E-state index contributed by atoms with van der Waals surface area (Å²) in [5, 5.41) is 5.00. The number of aromatic nitrogens is 4. The highest BCUT2D eigenvalue weighted by Crippen LogP contribution is 2.38. The first-order valence-electron chi connectivity index (χ1n) is 18.8. The molecule has 0 spiro atoms. The quantitative estimate of drug-likeness (QED) is 0.171. The number of hydrogen-bond donors (Lipinski definition) is 0. The highest BCUT2D eigenvalue weighted by Gasteiger charge is 2.17. The lowest BCUT2D eigenvalue weighted by molar-refractivity contribution is 1.07. The summed E-state index contributed by atoms with van der Waals surface area (Å²) in [5.74, 6) is 1.93. The number of nitrogens with zero attached hydrogens (tertiary/aromatic N) is 4. The summed E-state index contributed by atoms with van der Waals surface area (Å²) >= 11 is 1.80. The Bertz CT molecular complexity index is 3200. The van der Waals surface area contributed by atoms with E-state index in [1.54, 1.807) is 11.3 Å². The topological polar surface area (TPSA) is 43.6 Å². The van der Waals surface area contributed by atoms with Crippen LogP contribution >= 0.6 is 11.3 Å². The SMILES string of the molecule is c1ccc(-c2cc(-c3cccc(-c4nc(-c5ccccc5)nc(-c5ccc6c(c5)sc5ccccc56)n4)c3)cc(-n3c4ccccc4c4ccccc43)c2)cc1. The molecule has 0 aliphatic heterocycles. The molecule has 0 atom stereocenters. The zero-order valence-corrected chi connectivity index (χ0v) is 31.0. The summed E-state index contributed by atoms with van der Waals surface area (Å²) in [4.78, 5) is 15.3. The van der Waals surface area contributed by atoms with Gasteiger partial charge in [0.2, 0.25) is 0 Å². The minimum atomic E-state index is 0.633. The molecule has 0 saturated heterocycles. The maximum atomic E-state index is 5.16. The van der Waals surface area contributed by atoms with Crippen LogP contribution in [0.1, 0.15) is 0 Å². The van der Waals surface area contributed by atoms with Crippen molar-refractivity contribution in [3.8, 4) is 62.1 Å². The molecule has 0 aliphatic rings. The van der Waals surface area contributed by atoms with Gasteiger partial charge in [-0.2, -0.15) is 0 Å². The van der Waals surface area contributed by atoms with Gasteiger partial charge in [-0.15, -0.1) is 11.3 Å². The second-order valence-electron chi connectivity index (χ2n) is 14.1. The summed E-state index contributed by atoms with van der Waals surface area (Å²) in [6.07, 6.45) is 0. The van der Waals surface area contributed by atoms with E-state index in [0.29, 0.717) is 17.5 Å². The van der Waals surface area contributed by atoms with Gasteiger partial charge in [0.15, 0.2) is 17.5 Å². The third-order valence-electron chi connectivity index (χ3n) is 10.6. The molecule has 0 saturated carbocycles. The molecule has 0 bridgehead atoms. The minimum Gasteiger partial charge on any atom is -0.309 e.